The van der Waals surface area contributed by atoms with Gasteiger partial charge in [-0.15, -0.1) is 5.10 Å². The fourth-order valence-electron chi connectivity index (χ4n) is 4.63. The molecule has 0 radical (unpaired) electrons. The van der Waals surface area contributed by atoms with Gasteiger partial charge in [0.25, 0.3) is 0 Å². The number of rotatable bonds is 5. The number of piperazine rings is 1. The Hall–Kier alpha value is -4.14. The number of benzene rings is 2. The number of hydrogen-bond acceptors (Lipinski definition) is 6. The molecule has 1 aliphatic rings. The number of fused-ring (bicyclic) bond motifs is 1. The third-order valence-electron chi connectivity index (χ3n) is 6.56. The van der Waals surface area contributed by atoms with E-state index in [1.54, 1.807) is 0 Å². The second-order valence-electron chi connectivity index (χ2n) is 9.00. The van der Waals surface area contributed by atoms with Crippen LogP contribution in [0.15, 0.2) is 48.5 Å². The van der Waals surface area contributed by atoms with Crippen LogP contribution in [0.5, 0.6) is 5.75 Å². The zero-order valence-electron chi connectivity index (χ0n) is 21.2. The Bertz CT molecular complexity index is 1390. The van der Waals surface area contributed by atoms with Crippen molar-refractivity contribution in [3.8, 4) is 11.4 Å². The van der Waals surface area contributed by atoms with Crippen molar-refractivity contribution in [2.24, 2.45) is 0 Å². The molecule has 36 heavy (non-hydrogen) atoms. The van der Waals surface area contributed by atoms with E-state index >= 15 is 0 Å². The summed E-state index contributed by atoms with van der Waals surface area (Å²) in [5.41, 5.74) is 5.62. The lowest BCUT2D eigenvalue weighted by atomic mass is 10.2. The first-order valence-electron chi connectivity index (χ1n) is 12.3. The van der Waals surface area contributed by atoms with Gasteiger partial charge >= 0.3 is 6.03 Å². The van der Waals surface area contributed by atoms with E-state index in [0.29, 0.717) is 44.2 Å². The topological polar surface area (TPSA) is 88.4 Å². The molecule has 1 fully saturated rings. The quantitative estimate of drug-likeness (QED) is 0.448. The lowest BCUT2D eigenvalue weighted by molar-refractivity contribution is 0.208. The smallest absolute Gasteiger partial charge is 0.322 e. The molecule has 4 aromatic rings. The molecule has 2 aromatic heterocycles. The summed E-state index contributed by atoms with van der Waals surface area (Å²) in [6.07, 6.45) is 0. The maximum absolute atomic E-state index is 13.0. The van der Waals surface area contributed by atoms with Gasteiger partial charge in [0.15, 0.2) is 5.82 Å². The molecule has 0 bridgehead atoms. The van der Waals surface area contributed by atoms with E-state index in [1.807, 2.05) is 47.7 Å². The van der Waals surface area contributed by atoms with Crippen molar-refractivity contribution in [1.82, 2.24) is 24.9 Å². The maximum Gasteiger partial charge on any atom is 0.322 e. The number of carbonyl (C=O) groups is 1. The second-order valence-corrected chi connectivity index (χ2v) is 9.00. The predicted octanol–water partition coefficient (Wildman–Crippen LogP) is 4.49. The fraction of sp³-hybridized carbons (Fsp3) is 0.333. The summed E-state index contributed by atoms with van der Waals surface area (Å²) in [5.74, 6) is 1.43. The number of carbonyl (C=O) groups excluding carboxylic acids is 1. The third kappa shape index (κ3) is 4.44. The number of para-hydroxylation sites is 2. The van der Waals surface area contributed by atoms with Gasteiger partial charge in [0.1, 0.15) is 11.3 Å². The van der Waals surface area contributed by atoms with E-state index in [1.165, 1.54) is 5.56 Å². The zero-order chi connectivity index (χ0) is 25.2. The Labute approximate surface area is 210 Å². The van der Waals surface area contributed by atoms with E-state index in [-0.39, 0.29) is 6.03 Å². The van der Waals surface area contributed by atoms with Crippen molar-refractivity contribution >= 4 is 28.4 Å². The van der Waals surface area contributed by atoms with Crippen LogP contribution in [0.2, 0.25) is 0 Å². The van der Waals surface area contributed by atoms with Crippen molar-refractivity contribution in [3.05, 3.63) is 65.5 Å². The molecule has 3 heterocycles. The van der Waals surface area contributed by atoms with Gasteiger partial charge in [0, 0.05) is 26.2 Å². The van der Waals surface area contributed by atoms with E-state index in [9.17, 15) is 4.79 Å². The average Bonchev–Trinajstić information content (AvgIpc) is 3.24. The molecule has 1 saturated heterocycles. The van der Waals surface area contributed by atoms with E-state index in [2.05, 4.69) is 58.5 Å². The summed E-state index contributed by atoms with van der Waals surface area (Å²) in [5, 5.41) is 17.9. The highest BCUT2D eigenvalue weighted by molar-refractivity contribution is 5.93. The largest absolute Gasteiger partial charge is 0.492 e. The van der Waals surface area contributed by atoms with Crippen LogP contribution >= 0.6 is 0 Å². The Morgan fingerprint density at radius 2 is 1.69 bits per heavy atom. The van der Waals surface area contributed by atoms with Crippen molar-refractivity contribution < 1.29 is 9.53 Å². The van der Waals surface area contributed by atoms with Crippen LogP contribution < -0.4 is 15.0 Å². The number of aromatic nitrogens is 4. The van der Waals surface area contributed by atoms with Gasteiger partial charge in [-0.2, -0.15) is 10.2 Å². The molecule has 1 N–H and O–H groups in total. The minimum Gasteiger partial charge on any atom is -0.492 e. The first-order valence-corrected chi connectivity index (χ1v) is 12.3. The lowest BCUT2D eigenvalue weighted by Gasteiger charge is -2.35. The van der Waals surface area contributed by atoms with E-state index in [0.717, 1.165) is 33.8 Å². The first kappa shape index (κ1) is 23.6. The molecule has 9 heteroatoms. The van der Waals surface area contributed by atoms with Crippen molar-refractivity contribution in [3.63, 3.8) is 0 Å². The molecule has 2 aromatic carbocycles. The fourth-order valence-corrected chi connectivity index (χ4v) is 4.63. The highest BCUT2D eigenvalue weighted by Gasteiger charge is 2.26. The lowest BCUT2D eigenvalue weighted by Crippen LogP contribution is -2.50. The normalized spacial score (nSPS) is 13.8. The number of amides is 2. The van der Waals surface area contributed by atoms with Crippen LogP contribution in [-0.4, -0.2) is 63.7 Å². The molecule has 0 saturated carbocycles. The molecule has 5 rings (SSSR count). The Morgan fingerprint density at radius 3 is 2.42 bits per heavy atom. The van der Waals surface area contributed by atoms with E-state index in [4.69, 9.17) is 9.84 Å². The summed E-state index contributed by atoms with van der Waals surface area (Å²) in [6, 6.07) is 15.7. The monoisotopic (exact) mass is 485 g/mol. The van der Waals surface area contributed by atoms with Gasteiger partial charge < -0.3 is 19.9 Å². The second kappa shape index (κ2) is 9.85. The van der Waals surface area contributed by atoms with Crippen molar-refractivity contribution in [2.45, 2.75) is 27.7 Å². The number of nitrogens with zero attached hydrogens (tertiary/aromatic N) is 6. The minimum atomic E-state index is -0.138. The highest BCUT2D eigenvalue weighted by atomic mass is 16.5. The van der Waals surface area contributed by atoms with Gasteiger partial charge in [-0.3, -0.25) is 0 Å². The molecule has 0 unspecified atom stereocenters. The maximum atomic E-state index is 13.0. The third-order valence-corrected chi connectivity index (χ3v) is 6.56. The Kier molecular flexibility index (Phi) is 6.45. The molecule has 0 aliphatic carbocycles. The number of aryl methyl sites for hydroxylation is 3. The summed E-state index contributed by atoms with van der Waals surface area (Å²) >= 11 is 0. The standard InChI is InChI=1S/C27H31N7O2/c1-5-36-23-9-7-6-8-22(23)28-27(35)33-16-14-32(15-17-33)26-25-24(19(3)29-30-26)20(4)34(31-25)21-12-10-18(2)11-13-21/h6-13H,5,14-17H2,1-4H3,(H,28,35). The van der Waals surface area contributed by atoms with Gasteiger partial charge in [-0.1, -0.05) is 29.8 Å². The van der Waals surface area contributed by atoms with Crippen molar-refractivity contribution in [2.75, 3.05) is 43.0 Å². The van der Waals surface area contributed by atoms with Crippen LogP contribution in [0.4, 0.5) is 16.3 Å². The predicted molar refractivity (Wildman–Crippen MR) is 141 cm³/mol. The number of hydrogen-bond donors (Lipinski definition) is 1. The van der Waals surface area contributed by atoms with Gasteiger partial charge in [-0.05, 0) is 52.0 Å². The van der Waals surface area contributed by atoms with Gasteiger partial charge in [0.05, 0.1) is 34.8 Å². The molecular formula is C27H31N7O2. The van der Waals surface area contributed by atoms with Crippen LogP contribution in [-0.2, 0) is 0 Å². The summed E-state index contributed by atoms with van der Waals surface area (Å²) in [4.78, 5) is 16.9. The molecule has 9 nitrogen and oxygen atoms in total. The molecule has 186 valence electrons. The number of anilines is 2. The Balaban J connectivity index is 1.35. The molecule has 2 amide bonds. The first-order chi connectivity index (χ1) is 17.5. The summed E-state index contributed by atoms with van der Waals surface area (Å²) in [6.45, 7) is 11.0. The van der Waals surface area contributed by atoms with E-state index < -0.39 is 0 Å². The summed E-state index contributed by atoms with van der Waals surface area (Å²) < 4.78 is 7.60. The number of nitrogens with one attached hydrogen (secondary N) is 1. The van der Waals surface area contributed by atoms with Crippen LogP contribution in [0.25, 0.3) is 16.6 Å². The highest BCUT2D eigenvalue weighted by Crippen LogP contribution is 2.30. The van der Waals surface area contributed by atoms with Crippen LogP contribution in [0.1, 0.15) is 23.9 Å². The zero-order valence-corrected chi connectivity index (χ0v) is 21.2. The van der Waals surface area contributed by atoms with Gasteiger partial charge in [0.2, 0.25) is 0 Å². The molecule has 0 spiro atoms. The van der Waals surface area contributed by atoms with Crippen LogP contribution in [0.3, 0.4) is 0 Å². The van der Waals surface area contributed by atoms with Crippen molar-refractivity contribution in [1.29, 1.82) is 0 Å². The molecule has 0 atom stereocenters. The van der Waals surface area contributed by atoms with Crippen LogP contribution in [0, 0.1) is 20.8 Å². The Morgan fingerprint density at radius 1 is 0.972 bits per heavy atom. The average molecular weight is 486 g/mol. The minimum absolute atomic E-state index is 0.138. The molecule has 1 aliphatic heterocycles. The van der Waals surface area contributed by atoms with Gasteiger partial charge in [-0.25, -0.2) is 9.48 Å². The number of ether oxygens (including phenoxy) is 1. The summed E-state index contributed by atoms with van der Waals surface area (Å²) in [7, 11) is 0. The SMILES string of the molecule is CCOc1ccccc1NC(=O)N1CCN(c2nnc(C)c3c(C)n(-c4ccc(C)cc4)nc23)CC1. The number of urea groups is 1. The molecular weight excluding hydrogens is 454 g/mol.